The number of carbonyl (C=O) groups is 1. The summed E-state index contributed by atoms with van der Waals surface area (Å²) in [5, 5.41) is 23.5. The Kier molecular flexibility index (Phi) is 10.4. The number of nitrogens with zero attached hydrogens (tertiary/aromatic N) is 8. The highest BCUT2D eigenvalue weighted by Crippen LogP contribution is 2.25. The molecule has 0 spiro atoms. The SMILES string of the molecule is CCCC(/C=N\c1ncc(C#N)c(-c2cn[nH]c2)n1)CCCN(C(=O)NCc1ccccc1)c1ccc(-c2cnn(C)c2)cc1. The van der Waals surface area contributed by atoms with Gasteiger partial charge in [-0.05, 0) is 48.4 Å². The summed E-state index contributed by atoms with van der Waals surface area (Å²) in [5.41, 5.74) is 5.48. The Morgan fingerprint density at radius 1 is 1.09 bits per heavy atom. The zero-order valence-electron chi connectivity index (χ0n) is 25.5. The van der Waals surface area contributed by atoms with Crippen molar-refractivity contribution in [1.29, 1.82) is 5.26 Å². The lowest BCUT2D eigenvalue weighted by Crippen LogP contribution is -2.40. The van der Waals surface area contributed by atoms with Gasteiger partial charge in [0.25, 0.3) is 0 Å². The number of hydrogen-bond acceptors (Lipinski definition) is 7. The average molecular weight is 601 g/mol. The van der Waals surface area contributed by atoms with Crippen LogP contribution in [0.4, 0.5) is 16.4 Å². The van der Waals surface area contributed by atoms with Crippen molar-refractivity contribution in [3.8, 4) is 28.5 Å². The van der Waals surface area contributed by atoms with Crippen LogP contribution in [0.3, 0.4) is 0 Å². The topological polar surface area (TPSA) is 141 Å². The number of rotatable bonds is 13. The number of aromatic amines is 1. The summed E-state index contributed by atoms with van der Waals surface area (Å²) in [6.07, 6.45) is 14.0. The van der Waals surface area contributed by atoms with Crippen molar-refractivity contribution in [2.75, 3.05) is 11.4 Å². The molecule has 1 unspecified atom stereocenters. The summed E-state index contributed by atoms with van der Waals surface area (Å²) in [6.45, 7) is 3.13. The van der Waals surface area contributed by atoms with Crippen LogP contribution >= 0.6 is 0 Å². The first kappa shape index (κ1) is 30.8. The Morgan fingerprint density at radius 2 is 1.91 bits per heavy atom. The van der Waals surface area contributed by atoms with Gasteiger partial charge in [-0.3, -0.25) is 14.7 Å². The molecule has 228 valence electrons. The summed E-state index contributed by atoms with van der Waals surface area (Å²) in [5.74, 6) is 0.468. The lowest BCUT2D eigenvalue weighted by molar-refractivity contribution is 0.245. The molecular formula is C34H36N10O. The van der Waals surface area contributed by atoms with E-state index in [1.165, 1.54) is 6.20 Å². The third-order valence-electron chi connectivity index (χ3n) is 7.43. The number of urea groups is 1. The molecule has 2 amide bonds. The normalized spacial score (nSPS) is 11.8. The predicted molar refractivity (Wildman–Crippen MR) is 175 cm³/mol. The van der Waals surface area contributed by atoms with E-state index in [1.807, 2.05) is 80.3 Å². The van der Waals surface area contributed by atoms with Crippen LogP contribution in [0, 0.1) is 17.2 Å². The second-order valence-electron chi connectivity index (χ2n) is 10.7. The largest absolute Gasteiger partial charge is 0.334 e. The average Bonchev–Trinajstić information content (AvgIpc) is 3.77. The van der Waals surface area contributed by atoms with Gasteiger partial charge in [0.1, 0.15) is 6.07 Å². The number of hydrogen-bond donors (Lipinski definition) is 2. The molecule has 0 bridgehead atoms. The van der Waals surface area contributed by atoms with Crippen LogP contribution < -0.4 is 10.2 Å². The lowest BCUT2D eigenvalue weighted by atomic mass is 9.99. The van der Waals surface area contributed by atoms with Gasteiger partial charge in [0.05, 0.1) is 29.8 Å². The number of nitrogens with one attached hydrogen (secondary N) is 2. The summed E-state index contributed by atoms with van der Waals surface area (Å²) in [4.78, 5) is 28.7. The molecule has 5 aromatic rings. The number of anilines is 1. The Bertz CT molecular complexity index is 1740. The standard InChI is InChI=1S/C34H36N10O/c1-3-8-25(18-36-33-37-20-28(17-35)32(42-33)29-21-39-40-22-29)11-7-16-44(34(45)38-19-26-9-5-4-6-10-26)31-14-12-27(13-15-31)30-23-41-43(2)24-30/h4-6,9-10,12-15,18,20-25H,3,7-8,11,16,19H2,1-2H3,(H,38,45)(H,39,40)/b36-18-. The fourth-order valence-corrected chi connectivity index (χ4v) is 5.09. The van der Waals surface area contributed by atoms with Crippen molar-refractivity contribution in [1.82, 2.24) is 35.3 Å². The van der Waals surface area contributed by atoms with Crippen LogP contribution in [0.5, 0.6) is 0 Å². The van der Waals surface area contributed by atoms with Gasteiger partial charge in [-0.15, -0.1) is 0 Å². The number of benzene rings is 2. The number of aromatic nitrogens is 6. The first-order valence-electron chi connectivity index (χ1n) is 15.0. The molecule has 11 nitrogen and oxygen atoms in total. The molecule has 0 aliphatic heterocycles. The highest BCUT2D eigenvalue weighted by atomic mass is 16.2. The van der Waals surface area contributed by atoms with E-state index in [4.69, 9.17) is 0 Å². The van der Waals surface area contributed by atoms with Crippen molar-refractivity contribution >= 4 is 23.9 Å². The molecule has 0 saturated heterocycles. The van der Waals surface area contributed by atoms with Crippen molar-refractivity contribution in [3.63, 3.8) is 0 Å². The van der Waals surface area contributed by atoms with Crippen LogP contribution in [0.15, 0.2) is 90.6 Å². The van der Waals surface area contributed by atoms with Gasteiger partial charge in [0.15, 0.2) is 0 Å². The van der Waals surface area contributed by atoms with E-state index in [1.54, 1.807) is 22.0 Å². The highest BCUT2D eigenvalue weighted by molar-refractivity contribution is 5.92. The molecule has 0 saturated carbocycles. The summed E-state index contributed by atoms with van der Waals surface area (Å²) in [7, 11) is 1.89. The molecule has 1 atom stereocenters. The molecule has 11 heteroatoms. The first-order chi connectivity index (χ1) is 22.0. The summed E-state index contributed by atoms with van der Waals surface area (Å²) >= 11 is 0. The van der Waals surface area contributed by atoms with E-state index in [0.29, 0.717) is 35.9 Å². The first-order valence-corrected chi connectivity index (χ1v) is 15.0. The molecule has 2 aromatic carbocycles. The molecule has 5 rings (SSSR count). The molecule has 0 aliphatic carbocycles. The lowest BCUT2D eigenvalue weighted by Gasteiger charge is -2.24. The van der Waals surface area contributed by atoms with E-state index < -0.39 is 0 Å². The molecule has 0 aliphatic rings. The minimum Gasteiger partial charge on any atom is -0.334 e. The molecule has 0 radical (unpaired) electrons. The molecule has 2 N–H and O–H groups in total. The van der Waals surface area contributed by atoms with Crippen LogP contribution in [-0.4, -0.2) is 48.7 Å². The van der Waals surface area contributed by atoms with E-state index in [-0.39, 0.29) is 11.9 Å². The maximum Gasteiger partial charge on any atom is 0.322 e. The molecule has 45 heavy (non-hydrogen) atoms. The van der Waals surface area contributed by atoms with Crippen LogP contribution in [0.25, 0.3) is 22.4 Å². The molecule has 3 heterocycles. The minimum atomic E-state index is -0.147. The Balaban J connectivity index is 1.28. The third kappa shape index (κ3) is 8.26. The highest BCUT2D eigenvalue weighted by Gasteiger charge is 2.17. The van der Waals surface area contributed by atoms with E-state index in [9.17, 15) is 10.1 Å². The number of carbonyl (C=O) groups excluding carboxylic acids is 1. The van der Waals surface area contributed by atoms with Gasteiger partial charge < -0.3 is 5.32 Å². The number of nitriles is 1. The predicted octanol–water partition coefficient (Wildman–Crippen LogP) is 6.45. The Hall–Kier alpha value is -5.63. The van der Waals surface area contributed by atoms with Crippen LogP contribution in [0.1, 0.15) is 43.7 Å². The van der Waals surface area contributed by atoms with Gasteiger partial charge in [-0.1, -0.05) is 55.8 Å². The number of aryl methyl sites for hydroxylation is 1. The van der Waals surface area contributed by atoms with Crippen molar-refractivity contribution < 1.29 is 4.79 Å². The summed E-state index contributed by atoms with van der Waals surface area (Å²) in [6, 6.07) is 19.9. The Labute approximate surface area is 262 Å². The van der Waals surface area contributed by atoms with Gasteiger partial charge >= 0.3 is 6.03 Å². The van der Waals surface area contributed by atoms with Gasteiger partial charge in [-0.25, -0.2) is 19.8 Å². The number of amides is 2. The van der Waals surface area contributed by atoms with Crippen molar-refractivity contribution in [3.05, 3.63) is 96.7 Å². The fraction of sp³-hybridized carbons (Fsp3) is 0.265. The number of H-pyrrole nitrogens is 1. The molecule has 0 fully saturated rings. The third-order valence-corrected chi connectivity index (χ3v) is 7.43. The fourth-order valence-electron chi connectivity index (χ4n) is 5.09. The maximum atomic E-state index is 13.5. The number of aliphatic imine (C=N–C) groups is 1. The molecular weight excluding hydrogens is 564 g/mol. The zero-order valence-corrected chi connectivity index (χ0v) is 25.5. The van der Waals surface area contributed by atoms with Crippen LogP contribution in [-0.2, 0) is 13.6 Å². The van der Waals surface area contributed by atoms with E-state index in [0.717, 1.165) is 48.1 Å². The molecule has 3 aromatic heterocycles. The smallest absolute Gasteiger partial charge is 0.322 e. The van der Waals surface area contributed by atoms with Gasteiger partial charge in [0, 0.05) is 55.6 Å². The van der Waals surface area contributed by atoms with E-state index in [2.05, 4.69) is 48.6 Å². The van der Waals surface area contributed by atoms with Crippen molar-refractivity contribution in [2.45, 2.75) is 39.2 Å². The summed E-state index contributed by atoms with van der Waals surface area (Å²) < 4.78 is 1.77. The second-order valence-corrected chi connectivity index (χ2v) is 10.7. The van der Waals surface area contributed by atoms with E-state index >= 15 is 0 Å². The van der Waals surface area contributed by atoms with Gasteiger partial charge in [-0.2, -0.15) is 15.5 Å². The van der Waals surface area contributed by atoms with Crippen LogP contribution in [0.2, 0.25) is 0 Å². The minimum absolute atomic E-state index is 0.147. The second kappa shape index (κ2) is 15.2. The van der Waals surface area contributed by atoms with Crippen molar-refractivity contribution in [2.24, 2.45) is 18.0 Å². The zero-order chi connectivity index (χ0) is 31.4. The maximum absolute atomic E-state index is 13.5. The Morgan fingerprint density at radius 3 is 2.60 bits per heavy atom. The monoisotopic (exact) mass is 600 g/mol. The van der Waals surface area contributed by atoms with Gasteiger partial charge in [0.2, 0.25) is 5.95 Å². The quantitative estimate of drug-likeness (QED) is 0.149.